The Bertz CT molecular complexity index is 1230. The maximum absolute atomic E-state index is 12.9. The van der Waals surface area contributed by atoms with Crippen molar-refractivity contribution in [1.82, 2.24) is 15.3 Å². The SMILES string of the molecule is COc1cc(Nc2nccc(N3CCC[C@H](C(=O)NCc4ccc(Cl)c(Cl)c4)C3)n2)cc(OC)c1OC. The minimum atomic E-state index is -0.155. The zero-order chi connectivity index (χ0) is 26.4. The summed E-state index contributed by atoms with van der Waals surface area (Å²) in [6.07, 6.45) is 3.38. The van der Waals surface area contributed by atoms with E-state index in [0.29, 0.717) is 52.0 Å². The van der Waals surface area contributed by atoms with E-state index >= 15 is 0 Å². The second-order valence-electron chi connectivity index (χ2n) is 8.53. The van der Waals surface area contributed by atoms with Gasteiger partial charge in [-0.25, -0.2) is 4.98 Å². The minimum absolute atomic E-state index is 0.000556. The molecule has 1 amide bonds. The third kappa shape index (κ3) is 6.47. The van der Waals surface area contributed by atoms with Gasteiger partial charge in [-0.05, 0) is 36.6 Å². The summed E-state index contributed by atoms with van der Waals surface area (Å²) in [5.74, 6) is 2.54. The predicted octanol–water partition coefficient (Wildman–Crippen LogP) is 5.09. The van der Waals surface area contributed by atoms with Gasteiger partial charge >= 0.3 is 0 Å². The van der Waals surface area contributed by atoms with Crippen LogP contribution in [0, 0.1) is 5.92 Å². The van der Waals surface area contributed by atoms with Gasteiger partial charge in [0.05, 0.1) is 37.3 Å². The Balaban J connectivity index is 1.42. The number of hydrogen-bond donors (Lipinski definition) is 2. The molecule has 3 aromatic rings. The number of nitrogens with zero attached hydrogens (tertiary/aromatic N) is 3. The van der Waals surface area contributed by atoms with Crippen LogP contribution in [0.5, 0.6) is 17.2 Å². The Morgan fingerprint density at radius 1 is 1.05 bits per heavy atom. The fourth-order valence-electron chi connectivity index (χ4n) is 4.25. The van der Waals surface area contributed by atoms with Gasteiger partial charge in [0.1, 0.15) is 5.82 Å². The van der Waals surface area contributed by atoms with Crippen molar-refractivity contribution in [2.24, 2.45) is 5.92 Å². The Hall–Kier alpha value is -3.43. The van der Waals surface area contributed by atoms with E-state index in [2.05, 4.69) is 25.5 Å². The molecule has 1 aromatic heterocycles. The highest BCUT2D eigenvalue weighted by atomic mass is 35.5. The number of benzene rings is 2. The first kappa shape index (κ1) is 26.6. The fraction of sp³-hybridized carbons (Fsp3) is 0.346. The number of methoxy groups -OCH3 is 3. The Morgan fingerprint density at radius 3 is 2.49 bits per heavy atom. The minimum Gasteiger partial charge on any atom is -0.493 e. The van der Waals surface area contributed by atoms with Gasteiger partial charge in [-0.1, -0.05) is 29.3 Å². The molecule has 0 radical (unpaired) electrons. The molecule has 1 aliphatic heterocycles. The van der Waals surface area contributed by atoms with Gasteiger partial charge in [0, 0.05) is 43.7 Å². The Morgan fingerprint density at radius 2 is 1.81 bits per heavy atom. The van der Waals surface area contributed by atoms with E-state index in [1.54, 1.807) is 51.8 Å². The lowest BCUT2D eigenvalue weighted by Gasteiger charge is -2.33. The van der Waals surface area contributed by atoms with Gasteiger partial charge in [0.15, 0.2) is 11.5 Å². The topological polar surface area (TPSA) is 97.8 Å². The molecule has 11 heteroatoms. The van der Waals surface area contributed by atoms with E-state index in [1.165, 1.54) is 0 Å². The zero-order valence-corrected chi connectivity index (χ0v) is 22.4. The van der Waals surface area contributed by atoms with Crippen molar-refractivity contribution in [2.75, 3.05) is 44.6 Å². The summed E-state index contributed by atoms with van der Waals surface area (Å²) in [6, 6.07) is 10.8. The van der Waals surface area contributed by atoms with Crippen LogP contribution in [-0.4, -0.2) is 50.3 Å². The number of rotatable bonds is 9. The Labute approximate surface area is 226 Å². The fourth-order valence-corrected chi connectivity index (χ4v) is 4.57. The zero-order valence-electron chi connectivity index (χ0n) is 20.9. The molecule has 2 N–H and O–H groups in total. The number of hydrogen-bond acceptors (Lipinski definition) is 8. The summed E-state index contributed by atoms with van der Waals surface area (Å²) < 4.78 is 16.2. The van der Waals surface area contributed by atoms with Crippen molar-refractivity contribution in [2.45, 2.75) is 19.4 Å². The summed E-state index contributed by atoms with van der Waals surface area (Å²) in [5, 5.41) is 7.18. The van der Waals surface area contributed by atoms with E-state index in [-0.39, 0.29) is 11.8 Å². The van der Waals surface area contributed by atoms with Crippen molar-refractivity contribution >= 4 is 46.6 Å². The summed E-state index contributed by atoms with van der Waals surface area (Å²) >= 11 is 12.1. The first-order valence-electron chi connectivity index (χ1n) is 11.8. The van der Waals surface area contributed by atoms with E-state index in [1.807, 2.05) is 12.1 Å². The number of amides is 1. The predicted molar refractivity (Wildman–Crippen MR) is 145 cm³/mol. The highest BCUT2D eigenvalue weighted by molar-refractivity contribution is 6.42. The highest BCUT2D eigenvalue weighted by Crippen LogP contribution is 2.40. The molecule has 1 aliphatic rings. The van der Waals surface area contributed by atoms with E-state index in [9.17, 15) is 4.79 Å². The van der Waals surface area contributed by atoms with Gasteiger partial charge in [-0.3, -0.25) is 4.79 Å². The van der Waals surface area contributed by atoms with E-state index < -0.39 is 0 Å². The second kappa shape index (κ2) is 12.2. The Kier molecular flexibility index (Phi) is 8.78. The quantitative estimate of drug-likeness (QED) is 0.383. The maximum atomic E-state index is 12.9. The molecule has 37 heavy (non-hydrogen) atoms. The molecule has 2 heterocycles. The first-order valence-corrected chi connectivity index (χ1v) is 12.5. The molecule has 196 valence electrons. The number of carbonyl (C=O) groups is 1. The molecule has 0 unspecified atom stereocenters. The van der Waals surface area contributed by atoms with Gasteiger partial charge in [-0.2, -0.15) is 4.98 Å². The van der Waals surface area contributed by atoms with Gasteiger partial charge < -0.3 is 29.7 Å². The number of anilines is 3. The van der Waals surface area contributed by atoms with Crippen LogP contribution in [0.3, 0.4) is 0 Å². The number of halogens is 2. The highest BCUT2D eigenvalue weighted by Gasteiger charge is 2.26. The number of ether oxygens (including phenoxy) is 3. The third-order valence-electron chi connectivity index (χ3n) is 6.13. The summed E-state index contributed by atoms with van der Waals surface area (Å²) in [6.45, 7) is 1.76. The van der Waals surface area contributed by atoms with E-state index in [0.717, 1.165) is 30.8 Å². The summed E-state index contributed by atoms with van der Waals surface area (Å²) in [5.41, 5.74) is 1.58. The van der Waals surface area contributed by atoms with Crippen LogP contribution in [0.15, 0.2) is 42.6 Å². The van der Waals surface area contributed by atoms with Crippen molar-refractivity contribution in [3.8, 4) is 17.2 Å². The largest absolute Gasteiger partial charge is 0.493 e. The maximum Gasteiger partial charge on any atom is 0.229 e. The van der Waals surface area contributed by atoms with Crippen LogP contribution in [-0.2, 0) is 11.3 Å². The molecule has 1 saturated heterocycles. The molecule has 1 fully saturated rings. The number of carbonyl (C=O) groups excluding carboxylic acids is 1. The average molecular weight is 546 g/mol. The summed E-state index contributed by atoms with van der Waals surface area (Å²) in [7, 11) is 4.68. The van der Waals surface area contributed by atoms with Gasteiger partial charge in [0.25, 0.3) is 0 Å². The number of aromatic nitrogens is 2. The molecular weight excluding hydrogens is 517 g/mol. The molecule has 4 rings (SSSR count). The van der Waals surface area contributed by atoms with Gasteiger partial charge in [0.2, 0.25) is 17.6 Å². The van der Waals surface area contributed by atoms with Crippen LogP contribution in [0.2, 0.25) is 10.0 Å². The van der Waals surface area contributed by atoms with Crippen LogP contribution in [0.4, 0.5) is 17.5 Å². The first-order chi connectivity index (χ1) is 17.9. The average Bonchev–Trinajstić information content (AvgIpc) is 2.93. The molecule has 0 bridgehead atoms. The number of nitrogens with one attached hydrogen (secondary N) is 2. The molecule has 0 spiro atoms. The molecular formula is C26H29Cl2N5O4. The molecule has 0 aliphatic carbocycles. The lowest BCUT2D eigenvalue weighted by Crippen LogP contribution is -2.43. The summed E-state index contributed by atoms with van der Waals surface area (Å²) in [4.78, 5) is 24.0. The van der Waals surface area contributed by atoms with Crippen LogP contribution < -0.4 is 29.7 Å². The lowest BCUT2D eigenvalue weighted by molar-refractivity contribution is -0.125. The third-order valence-corrected chi connectivity index (χ3v) is 6.87. The van der Waals surface area contributed by atoms with Crippen LogP contribution in [0.25, 0.3) is 0 Å². The molecule has 9 nitrogen and oxygen atoms in total. The van der Waals surface area contributed by atoms with Gasteiger partial charge in [-0.15, -0.1) is 0 Å². The standard InChI is InChI=1S/C26H29Cl2N5O4/c1-35-21-12-18(13-22(36-2)24(21)37-3)31-26-29-9-8-23(32-26)33-10-4-5-17(15-33)25(34)30-14-16-6-7-19(27)20(28)11-16/h6-9,11-13,17H,4-5,10,14-15H2,1-3H3,(H,30,34)(H,29,31,32)/t17-/m0/s1. The lowest BCUT2D eigenvalue weighted by atomic mass is 9.97. The monoisotopic (exact) mass is 545 g/mol. The second-order valence-corrected chi connectivity index (χ2v) is 9.34. The molecule has 1 atom stereocenters. The van der Waals surface area contributed by atoms with Crippen molar-refractivity contribution < 1.29 is 19.0 Å². The van der Waals surface area contributed by atoms with Crippen molar-refractivity contribution in [3.05, 3.63) is 58.2 Å². The molecule has 0 saturated carbocycles. The van der Waals surface area contributed by atoms with Crippen LogP contribution in [0.1, 0.15) is 18.4 Å². The van der Waals surface area contributed by atoms with E-state index in [4.69, 9.17) is 37.4 Å². The van der Waals surface area contributed by atoms with Crippen LogP contribution >= 0.6 is 23.2 Å². The molecule has 2 aromatic carbocycles. The number of piperidine rings is 1. The normalized spacial score (nSPS) is 15.2. The van der Waals surface area contributed by atoms with Crippen molar-refractivity contribution in [3.63, 3.8) is 0 Å². The van der Waals surface area contributed by atoms with Crippen molar-refractivity contribution in [1.29, 1.82) is 0 Å². The smallest absolute Gasteiger partial charge is 0.229 e.